The molecule has 0 radical (unpaired) electrons. The van der Waals surface area contributed by atoms with Gasteiger partial charge in [0.1, 0.15) is 18.3 Å². The van der Waals surface area contributed by atoms with Gasteiger partial charge in [0.2, 0.25) is 5.28 Å². The number of imidazole rings is 1. The Morgan fingerprint density at radius 3 is 2.56 bits per heavy atom. The Morgan fingerprint density at radius 2 is 1.82 bits per heavy atom. The standard InChI is InChI=1S/C24H28ClN5O4/c25-23-27-20(17-21(28-23)30(13-26-17)22-19(33)18(32)16(11-31)34-22)29-12-24(9-5-1-2-6-10-24)14-7-3-4-8-15(14)29/h3-4,7-8,13,16,18-19,22,31-33H,1-2,5-6,9-12H2/t16-,18-,19-,22-/m1/s1. The maximum atomic E-state index is 10.5. The Hall–Kier alpha value is -2.30. The lowest BCUT2D eigenvalue weighted by molar-refractivity contribution is -0.0511. The van der Waals surface area contributed by atoms with Gasteiger partial charge in [-0.2, -0.15) is 9.97 Å². The van der Waals surface area contributed by atoms with Gasteiger partial charge in [0.25, 0.3) is 0 Å². The van der Waals surface area contributed by atoms with Gasteiger partial charge in [0, 0.05) is 17.6 Å². The van der Waals surface area contributed by atoms with Gasteiger partial charge in [0.05, 0.1) is 12.9 Å². The van der Waals surface area contributed by atoms with Crippen LogP contribution in [-0.2, 0) is 10.2 Å². The molecule has 34 heavy (non-hydrogen) atoms. The van der Waals surface area contributed by atoms with E-state index in [1.165, 1.54) is 37.6 Å². The van der Waals surface area contributed by atoms with Crippen molar-refractivity contribution >= 4 is 34.3 Å². The van der Waals surface area contributed by atoms with Crippen LogP contribution in [0.25, 0.3) is 11.2 Å². The predicted octanol–water partition coefficient (Wildman–Crippen LogP) is 2.83. The summed E-state index contributed by atoms with van der Waals surface area (Å²) in [6, 6.07) is 8.51. The highest BCUT2D eigenvalue weighted by Crippen LogP contribution is 2.51. The number of para-hydroxylation sites is 1. The number of anilines is 2. The first-order valence-electron chi connectivity index (χ1n) is 11.9. The monoisotopic (exact) mass is 485 g/mol. The van der Waals surface area contributed by atoms with Crippen molar-refractivity contribution in [1.29, 1.82) is 0 Å². The molecule has 3 aromatic rings. The molecule has 3 N–H and O–H groups in total. The van der Waals surface area contributed by atoms with Gasteiger partial charge >= 0.3 is 0 Å². The molecule has 2 fully saturated rings. The van der Waals surface area contributed by atoms with Crippen LogP contribution in [0.5, 0.6) is 0 Å². The van der Waals surface area contributed by atoms with Crippen LogP contribution in [0.15, 0.2) is 30.6 Å². The van der Waals surface area contributed by atoms with E-state index in [1.807, 2.05) is 6.07 Å². The summed E-state index contributed by atoms with van der Waals surface area (Å²) in [7, 11) is 0. The molecule has 1 saturated heterocycles. The molecule has 6 rings (SSSR count). The minimum atomic E-state index is -1.24. The van der Waals surface area contributed by atoms with Crippen LogP contribution in [0.2, 0.25) is 5.28 Å². The molecule has 3 aliphatic rings. The second kappa shape index (κ2) is 8.42. The van der Waals surface area contributed by atoms with Gasteiger partial charge in [-0.3, -0.25) is 4.57 Å². The fourth-order valence-electron chi connectivity index (χ4n) is 6.01. The number of benzene rings is 1. The zero-order valence-corrected chi connectivity index (χ0v) is 19.5. The first-order valence-corrected chi connectivity index (χ1v) is 12.3. The van der Waals surface area contributed by atoms with E-state index in [2.05, 4.69) is 38.1 Å². The topological polar surface area (TPSA) is 117 Å². The van der Waals surface area contributed by atoms with Crippen molar-refractivity contribution in [3.8, 4) is 0 Å². The van der Waals surface area contributed by atoms with Crippen LogP contribution in [0.1, 0.15) is 50.3 Å². The van der Waals surface area contributed by atoms with E-state index in [0.717, 1.165) is 25.1 Å². The van der Waals surface area contributed by atoms with E-state index >= 15 is 0 Å². The molecular weight excluding hydrogens is 458 g/mol. The zero-order chi connectivity index (χ0) is 23.4. The molecule has 1 spiro atoms. The molecule has 1 aromatic carbocycles. The maximum absolute atomic E-state index is 10.5. The van der Waals surface area contributed by atoms with E-state index in [9.17, 15) is 15.3 Å². The SMILES string of the molecule is OC[C@H]1O[C@@H](n2cnc3c(N4CC5(CCCCCC5)c5ccccc54)nc(Cl)nc32)[C@H](O)[C@@H]1O. The summed E-state index contributed by atoms with van der Waals surface area (Å²) < 4.78 is 7.26. The number of rotatable bonds is 3. The number of aromatic nitrogens is 4. The van der Waals surface area contributed by atoms with E-state index in [0.29, 0.717) is 17.0 Å². The van der Waals surface area contributed by atoms with Crippen LogP contribution in [-0.4, -0.2) is 66.3 Å². The number of ether oxygens (including phenoxy) is 1. The summed E-state index contributed by atoms with van der Waals surface area (Å²) in [6.45, 7) is 0.393. The van der Waals surface area contributed by atoms with Crippen LogP contribution in [0.3, 0.4) is 0 Å². The minimum Gasteiger partial charge on any atom is -0.394 e. The van der Waals surface area contributed by atoms with Crippen molar-refractivity contribution in [3.63, 3.8) is 0 Å². The van der Waals surface area contributed by atoms with Crippen molar-refractivity contribution in [3.05, 3.63) is 41.4 Å². The molecule has 1 saturated carbocycles. The van der Waals surface area contributed by atoms with Crippen molar-refractivity contribution in [1.82, 2.24) is 19.5 Å². The van der Waals surface area contributed by atoms with E-state index < -0.39 is 31.1 Å². The Bertz CT molecular complexity index is 1210. The molecule has 2 aromatic heterocycles. The van der Waals surface area contributed by atoms with Crippen molar-refractivity contribution in [2.45, 2.75) is 68.5 Å². The average Bonchev–Trinajstić information content (AvgIpc) is 3.41. The van der Waals surface area contributed by atoms with Crippen molar-refractivity contribution < 1.29 is 20.1 Å². The number of aliphatic hydroxyl groups is 3. The highest BCUT2D eigenvalue weighted by molar-refractivity contribution is 6.28. The van der Waals surface area contributed by atoms with Gasteiger partial charge in [0.15, 0.2) is 23.2 Å². The molecule has 9 nitrogen and oxygen atoms in total. The molecule has 0 amide bonds. The summed E-state index contributed by atoms with van der Waals surface area (Å²) in [5.41, 5.74) is 3.49. The lowest BCUT2D eigenvalue weighted by Crippen LogP contribution is -2.33. The summed E-state index contributed by atoms with van der Waals surface area (Å²) in [5.74, 6) is 0.620. The molecule has 4 heterocycles. The largest absolute Gasteiger partial charge is 0.394 e. The summed E-state index contributed by atoms with van der Waals surface area (Å²) >= 11 is 6.41. The Balaban J connectivity index is 1.45. The highest BCUT2D eigenvalue weighted by atomic mass is 35.5. The zero-order valence-electron chi connectivity index (χ0n) is 18.7. The fourth-order valence-corrected chi connectivity index (χ4v) is 6.17. The van der Waals surface area contributed by atoms with Gasteiger partial charge in [-0.05, 0) is 36.1 Å². The summed E-state index contributed by atoms with van der Waals surface area (Å²) in [6.07, 6.45) is 4.44. The number of fused-ring (bicyclic) bond motifs is 3. The van der Waals surface area contributed by atoms with Crippen LogP contribution in [0.4, 0.5) is 11.5 Å². The molecule has 2 aliphatic heterocycles. The van der Waals surface area contributed by atoms with Gasteiger partial charge < -0.3 is 25.0 Å². The number of aliphatic hydroxyl groups excluding tert-OH is 3. The number of hydrogen-bond acceptors (Lipinski definition) is 8. The summed E-state index contributed by atoms with van der Waals surface area (Å²) in [4.78, 5) is 15.8. The molecular formula is C24H28ClN5O4. The lowest BCUT2D eigenvalue weighted by atomic mass is 9.76. The molecule has 0 bridgehead atoms. The second-order valence-electron chi connectivity index (χ2n) is 9.67. The first kappa shape index (κ1) is 22.2. The summed E-state index contributed by atoms with van der Waals surface area (Å²) in [5, 5.41) is 30.3. The van der Waals surface area contributed by atoms with Gasteiger partial charge in [-0.1, -0.05) is 43.9 Å². The number of hydrogen-bond donors (Lipinski definition) is 3. The molecule has 0 unspecified atom stereocenters. The van der Waals surface area contributed by atoms with Crippen molar-refractivity contribution in [2.75, 3.05) is 18.1 Å². The third-order valence-corrected chi connectivity index (χ3v) is 7.88. The lowest BCUT2D eigenvalue weighted by Gasteiger charge is -2.29. The Morgan fingerprint density at radius 1 is 1.06 bits per heavy atom. The Labute approximate surface area is 202 Å². The average molecular weight is 486 g/mol. The number of halogens is 1. The first-order chi connectivity index (χ1) is 16.5. The third-order valence-electron chi connectivity index (χ3n) is 7.71. The molecule has 4 atom stereocenters. The van der Waals surface area contributed by atoms with Crippen LogP contribution >= 0.6 is 11.6 Å². The molecule has 10 heteroatoms. The maximum Gasteiger partial charge on any atom is 0.226 e. The van der Waals surface area contributed by atoms with Gasteiger partial charge in [-0.15, -0.1) is 0 Å². The van der Waals surface area contributed by atoms with Crippen LogP contribution in [0, 0.1) is 0 Å². The quantitative estimate of drug-likeness (QED) is 0.485. The number of nitrogens with zero attached hydrogens (tertiary/aromatic N) is 5. The predicted molar refractivity (Wildman–Crippen MR) is 126 cm³/mol. The smallest absolute Gasteiger partial charge is 0.226 e. The van der Waals surface area contributed by atoms with E-state index in [4.69, 9.17) is 16.3 Å². The van der Waals surface area contributed by atoms with Crippen LogP contribution < -0.4 is 4.90 Å². The second-order valence-corrected chi connectivity index (χ2v) is 10.0. The fraction of sp³-hybridized carbons (Fsp3) is 0.542. The van der Waals surface area contributed by atoms with E-state index in [1.54, 1.807) is 4.57 Å². The van der Waals surface area contributed by atoms with Crippen molar-refractivity contribution in [2.24, 2.45) is 0 Å². The molecule has 1 aliphatic carbocycles. The third kappa shape index (κ3) is 3.33. The Kier molecular flexibility index (Phi) is 5.50. The normalized spacial score (nSPS) is 28.5. The van der Waals surface area contributed by atoms with Gasteiger partial charge in [-0.25, -0.2) is 4.98 Å². The minimum absolute atomic E-state index is 0.0651. The molecule has 180 valence electrons. The highest BCUT2D eigenvalue weighted by Gasteiger charge is 2.46. The van der Waals surface area contributed by atoms with E-state index in [-0.39, 0.29) is 10.7 Å².